The summed E-state index contributed by atoms with van der Waals surface area (Å²) in [5.74, 6) is 0.972. The number of rotatable bonds is 4. The molecule has 0 saturated heterocycles. The molecule has 0 fully saturated rings. The van der Waals surface area contributed by atoms with Crippen LogP contribution < -0.4 is 0 Å². The molecule has 0 aliphatic carbocycles. The van der Waals surface area contributed by atoms with Gasteiger partial charge in [0.05, 0.1) is 0 Å². The first-order valence-electron chi connectivity index (χ1n) is 3.17. The van der Waals surface area contributed by atoms with Crippen LogP contribution >= 0.6 is 12.6 Å². The van der Waals surface area contributed by atoms with E-state index in [0.717, 1.165) is 12.2 Å². The van der Waals surface area contributed by atoms with Gasteiger partial charge in [0.25, 0.3) is 0 Å². The molecule has 0 aromatic rings. The highest BCUT2D eigenvalue weighted by Gasteiger charge is 1.72. The zero-order valence-electron chi connectivity index (χ0n) is 5.43. The molecular formula is C7H14S. The van der Waals surface area contributed by atoms with Crippen molar-refractivity contribution < 1.29 is 0 Å². The Labute approximate surface area is 57.4 Å². The predicted molar refractivity (Wildman–Crippen MR) is 42.5 cm³/mol. The number of allylic oxidation sites excluding steroid dienone is 2. The van der Waals surface area contributed by atoms with Gasteiger partial charge in [-0.2, -0.15) is 12.6 Å². The molecular weight excluding hydrogens is 116 g/mol. The summed E-state index contributed by atoms with van der Waals surface area (Å²) < 4.78 is 0. The second-order valence-corrected chi connectivity index (χ2v) is 2.22. The van der Waals surface area contributed by atoms with Crippen LogP contribution in [0.25, 0.3) is 0 Å². The summed E-state index contributed by atoms with van der Waals surface area (Å²) in [5, 5.41) is 0. The molecule has 48 valence electrons. The molecule has 0 aliphatic heterocycles. The van der Waals surface area contributed by atoms with Gasteiger partial charge < -0.3 is 0 Å². The average Bonchev–Trinajstić information content (AvgIpc) is 1.81. The fraction of sp³-hybridized carbons (Fsp3) is 0.714. The monoisotopic (exact) mass is 130 g/mol. The zero-order chi connectivity index (χ0) is 6.24. The Balaban J connectivity index is 2.83. The van der Waals surface area contributed by atoms with Crippen molar-refractivity contribution in [2.75, 3.05) is 5.75 Å². The average molecular weight is 130 g/mol. The highest BCUT2D eigenvalue weighted by Crippen LogP contribution is 1.91. The second kappa shape index (κ2) is 7.09. The number of hydrogen-bond donors (Lipinski definition) is 1. The molecule has 0 aliphatic rings. The van der Waals surface area contributed by atoms with Gasteiger partial charge in [-0.3, -0.25) is 0 Å². The lowest BCUT2D eigenvalue weighted by atomic mass is 10.3. The van der Waals surface area contributed by atoms with Crippen LogP contribution in [0.4, 0.5) is 0 Å². The standard InChI is InChI=1S/C7H14S/c1-2-3-4-5-6-7-8/h4-5,8H,2-3,6-7H2,1H3/b5-4+. The first kappa shape index (κ1) is 8.09. The third-order valence-electron chi connectivity index (χ3n) is 0.918. The lowest BCUT2D eigenvalue weighted by molar-refractivity contribution is 0.952. The Bertz CT molecular complexity index is 49.4. The van der Waals surface area contributed by atoms with Gasteiger partial charge in [0.1, 0.15) is 0 Å². The summed E-state index contributed by atoms with van der Waals surface area (Å²) in [6, 6.07) is 0. The molecule has 0 atom stereocenters. The van der Waals surface area contributed by atoms with Crippen molar-refractivity contribution in [1.82, 2.24) is 0 Å². The van der Waals surface area contributed by atoms with Crippen molar-refractivity contribution in [2.45, 2.75) is 26.2 Å². The van der Waals surface area contributed by atoms with Crippen LogP contribution in [-0.4, -0.2) is 5.75 Å². The summed E-state index contributed by atoms with van der Waals surface area (Å²) in [7, 11) is 0. The van der Waals surface area contributed by atoms with Crippen LogP contribution in [0, 0.1) is 0 Å². The predicted octanol–water partition coefficient (Wildman–Crippen LogP) is 2.66. The normalized spacial score (nSPS) is 10.8. The van der Waals surface area contributed by atoms with Crippen LogP contribution in [0.15, 0.2) is 12.2 Å². The minimum atomic E-state index is 0.972. The van der Waals surface area contributed by atoms with Gasteiger partial charge >= 0.3 is 0 Å². The van der Waals surface area contributed by atoms with Gasteiger partial charge in [-0.25, -0.2) is 0 Å². The maximum atomic E-state index is 4.07. The van der Waals surface area contributed by atoms with Crippen LogP contribution in [0.3, 0.4) is 0 Å². The van der Waals surface area contributed by atoms with Crippen LogP contribution in [-0.2, 0) is 0 Å². The Morgan fingerprint density at radius 3 is 2.38 bits per heavy atom. The van der Waals surface area contributed by atoms with E-state index >= 15 is 0 Å². The summed E-state index contributed by atoms with van der Waals surface area (Å²) in [6.45, 7) is 2.19. The van der Waals surface area contributed by atoms with Crippen molar-refractivity contribution in [1.29, 1.82) is 0 Å². The molecule has 0 unspecified atom stereocenters. The molecule has 0 saturated carbocycles. The van der Waals surface area contributed by atoms with Crippen molar-refractivity contribution >= 4 is 12.6 Å². The van der Waals surface area contributed by atoms with E-state index in [1.54, 1.807) is 0 Å². The molecule has 0 N–H and O–H groups in total. The third-order valence-corrected chi connectivity index (χ3v) is 1.18. The van der Waals surface area contributed by atoms with Gasteiger partial charge in [0.2, 0.25) is 0 Å². The van der Waals surface area contributed by atoms with E-state index in [0.29, 0.717) is 0 Å². The quantitative estimate of drug-likeness (QED) is 0.439. The van der Waals surface area contributed by atoms with E-state index in [1.807, 2.05) is 0 Å². The highest BCUT2D eigenvalue weighted by atomic mass is 32.1. The molecule has 0 heterocycles. The Kier molecular flexibility index (Phi) is 7.17. The molecule has 0 spiro atoms. The maximum absolute atomic E-state index is 4.07. The number of unbranched alkanes of at least 4 members (excludes halogenated alkanes) is 1. The fourth-order valence-electron chi connectivity index (χ4n) is 0.477. The Morgan fingerprint density at radius 1 is 1.25 bits per heavy atom. The summed E-state index contributed by atoms with van der Waals surface area (Å²) in [6.07, 6.45) is 7.99. The van der Waals surface area contributed by atoms with Gasteiger partial charge in [0.15, 0.2) is 0 Å². The van der Waals surface area contributed by atoms with Crippen molar-refractivity contribution in [3.63, 3.8) is 0 Å². The van der Waals surface area contributed by atoms with E-state index in [2.05, 4.69) is 31.7 Å². The van der Waals surface area contributed by atoms with E-state index in [9.17, 15) is 0 Å². The molecule has 0 amide bonds. The molecule has 8 heavy (non-hydrogen) atoms. The lowest BCUT2D eigenvalue weighted by Gasteiger charge is -1.83. The van der Waals surface area contributed by atoms with E-state index in [4.69, 9.17) is 0 Å². The minimum absolute atomic E-state index is 0.972. The largest absolute Gasteiger partial charge is 0.179 e. The molecule has 0 radical (unpaired) electrons. The van der Waals surface area contributed by atoms with E-state index < -0.39 is 0 Å². The number of hydrogen-bond acceptors (Lipinski definition) is 1. The smallest absolute Gasteiger partial charge is 0.00633 e. The van der Waals surface area contributed by atoms with Gasteiger partial charge in [0, 0.05) is 0 Å². The van der Waals surface area contributed by atoms with Crippen LogP contribution in [0.2, 0.25) is 0 Å². The van der Waals surface area contributed by atoms with E-state index in [-0.39, 0.29) is 0 Å². The molecule has 0 nitrogen and oxygen atoms in total. The van der Waals surface area contributed by atoms with Crippen molar-refractivity contribution in [3.8, 4) is 0 Å². The maximum Gasteiger partial charge on any atom is -0.00633 e. The SMILES string of the molecule is CCC/C=C/CCS. The summed E-state index contributed by atoms with van der Waals surface area (Å²) >= 11 is 4.07. The second-order valence-electron chi connectivity index (χ2n) is 1.77. The Morgan fingerprint density at radius 2 is 1.88 bits per heavy atom. The topological polar surface area (TPSA) is 0 Å². The van der Waals surface area contributed by atoms with Crippen LogP contribution in [0.1, 0.15) is 26.2 Å². The van der Waals surface area contributed by atoms with Gasteiger partial charge in [-0.15, -0.1) is 0 Å². The Hall–Kier alpha value is 0.0900. The summed E-state index contributed by atoms with van der Waals surface area (Å²) in [5.41, 5.74) is 0. The first-order chi connectivity index (χ1) is 3.91. The van der Waals surface area contributed by atoms with Gasteiger partial charge in [-0.1, -0.05) is 25.5 Å². The molecule has 0 aromatic heterocycles. The highest BCUT2D eigenvalue weighted by molar-refractivity contribution is 7.80. The van der Waals surface area contributed by atoms with Crippen molar-refractivity contribution in [2.24, 2.45) is 0 Å². The fourth-order valence-corrected chi connectivity index (χ4v) is 0.626. The third kappa shape index (κ3) is 6.09. The van der Waals surface area contributed by atoms with Crippen molar-refractivity contribution in [3.05, 3.63) is 12.2 Å². The van der Waals surface area contributed by atoms with E-state index in [1.165, 1.54) is 12.8 Å². The lowest BCUT2D eigenvalue weighted by Crippen LogP contribution is -1.66. The molecule has 0 bridgehead atoms. The summed E-state index contributed by atoms with van der Waals surface area (Å²) in [4.78, 5) is 0. The van der Waals surface area contributed by atoms with Crippen LogP contribution in [0.5, 0.6) is 0 Å². The zero-order valence-corrected chi connectivity index (χ0v) is 6.32. The molecule has 1 heteroatoms. The first-order valence-corrected chi connectivity index (χ1v) is 3.81. The molecule has 0 rings (SSSR count). The minimum Gasteiger partial charge on any atom is -0.179 e. The number of thiol groups is 1. The van der Waals surface area contributed by atoms with Gasteiger partial charge in [-0.05, 0) is 18.6 Å². The molecule has 0 aromatic carbocycles.